The Morgan fingerprint density at radius 2 is 2.28 bits per heavy atom. The number of guanidine groups is 1. The molecule has 0 atom stereocenters. The zero-order valence-electron chi connectivity index (χ0n) is 10.6. The van der Waals surface area contributed by atoms with Crippen molar-refractivity contribution in [1.82, 2.24) is 20.2 Å². The summed E-state index contributed by atoms with van der Waals surface area (Å²) in [6.45, 7) is 1.23. The van der Waals surface area contributed by atoms with Gasteiger partial charge in [0.05, 0.1) is 19.4 Å². The molecular weight excluding hydrogens is 230 g/mol. The Bertz CT molecular complexity index is 500. The number of aromatic nitrogens is 2. The monoisotopic (exact) mass is 247 g/mol. The summed E-state index contributed by atoms with van der Waals surface area (Å²) < 4.78 is 7.20. The Labute approximate surface area is 106 Å². The average Bonchev–Trinajstić information content (AvgIpc) is 3.01. The molecule has 0 aliphatic rings. The molecule has 2 rings (SSSR count). The van der Waals surface area contributed by atoms with E-state index >= 15 is 0 Å². The molecule has 6 nitrogen and oxygen atoms in total. The summed E-state index contributed by atoms with van der Waals surface area (Å²) in [6, 6.07) is 3.78. The molecule has 18 heavy (non-hydrogen) atoms. The van der Waals surface area contributed by atoms with Crippen LogP contribution in [0.25, 0.3) is 0 Å². The largest absolute Gasteiger partial charge is 0.467 e. The van der Waals surface area contributed by atoms with Crippen LogP contribution < -0.4 is 10.6 Å². The Morgan fingerprint density at radius 3 is 2.89 bits per heavy atom. The standard InChI is InChI=1S/C12H17N5O/c1-13-12(15-8-10-4-3-7-18-10)16-9-11-14-5-6-17(11)2/h3-7H,8-9H2,1-2H3,(H2,13,15,16). The Kier molecular flexibility index (Phi) is 4.01. The van der Waals surface area contributed by atoms with Crippen LogP contribution in [0.2, 0.25) is 0 Å². The van der Waals surface area contributed by atoms with E-state index in [0.29, 0.717) is 13.1 Å². The van der Waals surface area contributed by atoms with Crippen molar-refractivity contribution in [3.05, 3.63) is 42.4 Å². The van der Waals surface area contributed by atoms with E-state index in [1.54, 1.807) is 19.5 Å². The van der Waals surface area contributed by atoms with Gasteiger partial charge in [-0.15, -0.1) is 0 Å². The van der Waals surface area contributed by atoms with Crippen molar-refractivity contribution >= 4 is 5.96 Å². The molecule has 2 aromatic heterocycles. The number of rotatable bonds is 4. The van der Waals surface area contributed by atoms with Crippen LogP contribution in [0.3, 0.4) is 0 Å². The summed E-state index contributed by atoms with van der Waals surface area (Å²) in [6.07, 6.45) is 5.34. The van der Waals surface area contributed by atoms with Crippen LogP contribution in [-0.2, 0) is 20.1 Å². The second-order valence-electron chi connectivity index (χ2n) is 3.81. The van der Waals surface area contributed by atoms with Gasteiger partial charge in [-0.05, 0) is 12.1 Å². The highest BCUT2D eigenvalue weighted by atomic mass is 16.3. The van der Waals surface area contributed by atoms with Crippen LogP contribution in [0.4, 0.5) is 0 Å². The molecule has 0 spiro atoms. The van der Waals surface area contributed by atoms with E-state index < -0.39 is 0 Å². The fraction of sp³-hybridized carbons (Fsp3) is 0.333. The van der Waals surface area contributed by atoms with E-state index in [1.807, 2.05) is 29.9 Å². The molecule has 2 aromatic rings. The molecule has 2 N–H and O–H groups in total. The number of hydrogen-bond donors (Lipinski definition) is 2. The highest BCUT2D eigenvalue weighted by Gasteiger charge is 2.02. The van der Waals surface area contributed by atoms with Crippen LogP contribution >= 0.6 is 0 Å². The molecule has 0 amide bonds. The summed E-state index contributed by atoms with van der Waals surface area (Å²) in [5, 5.41) is 6.35. The van der Waals surface area contributed by atoms with Crippen molar-refractivity contribution in [1.29, 1.82) is 0 Å². The maximum Gasteiger partial charge on any atom is 0.191 e. The lowest BCUT2D eigenvalue weighted by atomic mass is 10.4. The molecule has 0 aliphatic heterocycles. The molecule has 0 aliphatic carbocycles. The van der Waals surface area contributed by atoms with Gasteiger partial charge < -0.3 is 19.6 Å². The van der Waals surface area contributed by atoms with Gasteiger partial charge in [-0.25, -0.2) is 4.98 Å². The fourth-order valence-corrected chi connectivity index (χ4v) is 1.53. The molecule has 96 valence electrons. The minimum Gasteiger partial charge on any atom is -0.467 e. The fourth-order valence-electron chi connectivity index (χ4n) is 1.53. The van der Waals surface area contributed by atoms with Crippen molar-refractivity contribution < 1.29 is 4.42 Å². The predicted octanol–water partition coefficient (Wildman–Crippen LogP) is 0.878. The van der Waals surface area contributed by atoms with Gasteiger partial charge in [0.2, 0.25) is 0 Å². The summed E-state index contributed by atoms with van der Waals surface area (Å²) in [5.74, 6) is 2.54. The predicted molar refractivity (Wildman–Crippen MR) is 69.0 cm³/mol. The van der Waals surface area contributed by atoms with E-state index in [1.165, 1.54) is 0 Å². The van der Waals surface area contributed by atoms with E-state index in [9.17, 15) is 0 Å². The van der Waals surface area contributed by atoms with Crippen LogP contribution in [0.1, 0.15) is 11.6 Å². The smallest absolute Gasteiger partial charge is 0.191 e. The molecular formula is C12H17N5O. The lowest BCUT2D eigenvalue weighted by Crippen LogP contribution is -2.36. The minimum atomic E-state index is 0.604. The van der Waals surface area contributed by atoms with Gasteiger partial charge in [0.15, 0.2) is 5.96 Å². The van der Waals surface area contributed by atoms with Gasteiger partial charge in [-0.3, -0.25) is 4.99 Å². The third kappa shape index (κ3) is 3.13. The van der Waals surface area contributed by atoms with Crippen LogP contribution in [0.5, 0.6) is 0 Å². The number of aliphatic imine (C=N–C) groups is 1. The summed E-state index contributed by atoms with van der Waals surface area (Å²) >= 11 is 0. The first-order chi connectivity index (χ1) is 8.79. The maximum atomic E-state index is 5.24. The molecule has 0 saturated carbocycles. The van der Waals surface area contributed by atoms with E-state index in [0.717, 1.165) is 17.5 Å². The van der Waals surface area contributed by atoms with Crippen molar-refractivity contribution in [3.8, 4) is 0 Å². The number of furan rings is 1. The lowest BCUT2D eigenvalue weighted by molar-refractivity contribution is 0.501. The van der Waals surface area contributed by atoms with E-state index in [2.05, 4.69) is 20.6 Å². The van der Waals surface area contributed by atoms with Gasteiger partial charge >= 0.3 is 0 Å². The molecule has 0 bridgehead atoms. The quantitative estimate of drug-likeness (QED) is 0.621. The van der Waals surface area contributed by atoms with Crippen LogP contribution in [0.15, 0.2) is 40.2 Å². The first-order valence-corrected chi connectivity index (χ1v) is 5.72. The molecule has 0 unspecified atom stereocenters. The third-order valence-electron chi connectivity index (χ3n) is 2.57. The molecule has 0 saturated heterocycles. The second kappa shape index (κ2) is 5.90. The number of imidazole rings is 1. The number of nitrogens with zero attached hydrogens (tertiary/aromatic N) is 3. The normalized spacial score (nSPS) is 11.6. The number of aryl methyl sites for hydroxylation is 1. The first-order valence-electron chi connectivity index (χ1n) is 5.72. The highest BCUT2D eigenvalue weighted by molar-refractivity contribution is 5.79. The topological polar surface area (TPSA) is 67.4 Å². The van der Waals surface area contributed by atoms with Crippen molar-refractivity contribution in [2.24, 2.45) is 12.0 Å². The van der Waals surface area contributed by atoms with E-state index in [4.69, 9.17) is 4.42 Å². The van der Waals surface area contributed by atoms with Crippen molar-refractivity contribution in [2.45, 2.75) is 13.1 Å². The Balaban J connectivity index is 1.81. The van der Waals surface area contributed by atoms with Crippen molar-refractivity contribution in [3.63, 3.8) is 0 Å². The maximum absolute atomic E-state index is 5.24. The molecule has 0 fully saturated rings. The minimum absolute atomic E-state index is 0.604. The zero-order valence-corrected chi connectivity index (χ0v) is 10.6. The van der Waals surface area contributed by atoms with Gasteiger partial charge in [-0.2, -0.15) is 0 Å². The molecule has 2 heterocycles. The van der Waals surface area contributed by atoms with Crippen LogP contribution in [-0.4, -0.2) is 22.6 Å². The summed E-state index contributed by atoms with van der Waals surface area (Å²) in [5.41, 5.74) is 0. The first kappa shape index (κ1) is 12.2. The number of hydrogen-bond acceptors (Lipinski definition) is 3. The van der Waals surface area contributed by atoms with Gasteiger partial charge in [0.25, 0.3) is 0 Å². The van der Waals surface area contributed by atoms with Crippen molar-refractivity contribution in [2.75, 3.05) is 7.05 Å². The molecule has 0 aromatic carbocycles. The molecule has 6 heteroatoms. The van der Waals surface area contributed by atoms with Gasteiger partial charge in [0, 0.05) is 26.5 Å². The van der Waals surface area contributed by atoms with Gasteiger partial charge in [0.1, 0.15) is 11.6 Å². The number of nitrogens with one attached hydrogen (secondary N) is 2. The van der Waals surface area contributed by atoms with E-state index in [-0.39, 0.29) is 0 Å². The summed E-state index contributed by atoms with van der Waals surface area (Å²) in [7, 11) is 3.69. The molecule has 0 radical (unpaired) electrons. The Hall–Kier alpha value is -2.24. The SMILES string of the molecule is CN=C(NCc1ccco1)NCc1nccn1C. The van der Waals surface area contributed by atoms with Gasteiger partial charge in [-0.1, -0.05) is 0 Å². The average molecular weight is 247 g/mol. The lowest BCUT2D eigenvalue weighted by Gasteiger charge is -2.10. The third-order valence-corrected chi connectivity index (χ3v) is 2.57. The summed E-state index contributed by atoms with van der Waals surface area (Å²) in [4.78, 5) is 8.36. The highest BCUT2D eigenvalue weighted by Crippen LogP contribution is 1.98. The van der Waals surface area contributed by atoms with Crippen LogP contribution in [0, 0.1) is 0 Å². The zero-order chi connectivity index (χ0) is 12.8. The second-order valence-corrected chi connectivity index (χ2v) is 3.81. The Morgan fingerprint density at radius 1 is 1.44 bits per heavy atom.